The second-order valence-electron chi connectivity index (χ2n) is 7.04. The molecule has 0 radical (unpaired) electrons. The number of rotatable bonds is 9. The van der Waals surface area contributed by atoms with Crippen LogP contribution in [-0.2, 0) is 6.42 Å². The molecular formula is C25H26BrNO. The Morgan fingerprint density at radius 1 is 0.929 bits per heavy atom. The number of halogens is 1. The molecule has 144 valence electrons. The van der Waals surface area contributed by atoms with Crippen LogP contribution in [0, 0.1) is 0 Å². The van der Waals surface area contributed by atoms with Crippen molar-refractivity contribution in [2.45, 2.75) is 38.6 Å². The summed E-state index contributed by atoms with van der Waals surface area (Å²) in [7, 11) is 0. The zero-order valence-electron chi connectivity index (χ0n) is 16.2. The predicted octanol–water partition coefficient (Wildman–Crippen LogP) is 7.22. The van der Waals surface area contributed by atoms with Gasteiger partial charge in [-0.15, -0.1) is 0 Å². The number of aryl methyl sites for hydroxylation is 1. The summed E-state index contributed by atoms with van der Waals surface area (Å²) in [6.07, 6.45) is 3.93. The number of Topliss-reactive ketones (excluding diaryl/α,β-unsaturated/α-hetero) is 1. The maximum Gasteiger partial charge on any atom is 0.165 e. The minimum absolute atomic E-state index is 0.0812. The molecule has 0 unspecified atom stereocenters. The van der Waals surface area contributed by atoms with Crippen molar-refractivity contribution in [2.75, 3.05) is 5.32 Å². The van der Waals surface area contributed by atoms with E-state index in [1.165, 1.54) is 18.4 Å². The summed E-state index contributed by atoms with van der Waals surface area (Å²) in [6.45, 7) is 2.21. The number of carbonyl (C=O) groups excluding carboxylic acids is 1. The number of anilines is 1. The molecule has 0 bridgehead atoms. The third kappa shape index (κ3) is 5.80. The maximum atomic E-state index is 12.8. The van der Waals surface area contributed by atoms with E-state index in [0.29, 0.717) is 6.42 Å². The zero-order chi connectivity index (χ0) is 19.8. The molecule has 28 heavy (non-hydrogen) atoms. The molecule has 0 aliphatic rings. The number of carbonyl (C=O) groups is 1. The molecule has 1 N–H and O–H groups in total. The molecule has 0 fully saturated rings. The van der Waals surface area contributed by atoms with Crippen LogP contribution in [0.5, 0.6) is 0 Å². The van der Waals surface area contributed by atoms with E-state index < -0.39 is 0 Å². The SMILES string of the molecule is CCCCc1ccc(N[C@H](CC(=O)c2ccccc2)c2ccc(Br)cc2)cc1. The fraction of sp³-hybridized carbons (Fsp3) is 0.240. The highest BCUT2D eigenvalue weighted by Crippen LogP contribution is 2.26. The van der Waals surface area contributed by atoms with Gasteiger partial charge >= 0.3 is 0 Å². The highest BCUT2D eigenvalue weighted by Gasteiger charge is 2.17. The minimum Gasteiger partial charge on any atom is -0.378 e. The van der Waals surface area contributed by atoms with Crippen LogP contribution in [0.3, 0.4) is 0 Å². The maximum absolute atomic E-state index is 12.8. The Morgan fingerprint density at radius 3 is 2.25 bits per heavy atom. The van der Waals surface area contributed by atoms with Crippen LogP contribution in [-0.4, -0.2) is 5.78 Å². The number of nitrogens with one attached hydrogen (secondary N) is 1. The van der Waals surface area contributed by atoms with Crippen molar-refractivity contribution in [1.82, 2.24) is 0 Å². The number of ketones is 1. The standard InChI is InChI=1S/C25H26BrNO/c1-2-3-7-19-10-16-23(17-11-19)27-24(20-12-14-22(26)15-13-20)18-25(28)21-8-5-4-6-9-21/h4-6,8-17,24,27H,2-3,7,18H2,1H3/t24-/m1/s1. The Morgan fingerprint density at radius 2 is 1.61 bits per heavy atom. The van der Waals surface area contributed by atoms with Gasteiger partial charge in [-0.2, -0.15) is 0 Å². The van der Waals surface area contributed by atoms with Crippen LogP contribution in [0.15, 0.2) is 83.3 Å². The van der Waals surface area contributed by atoms with Gasteiger partial charge < -0.3 is 5.32 Å². The zero-order valence-corrected chi connectivity index (χ0v) is 17.8. The fourth-order valence-corrected chi connectivity index (χ4v) is 3.49. The number of hydrogen-bond acceptors (Lipinski definition) is 2. The lowest BCUT2D eigenvalue weighted by molar-refractivity contribution is 0.0976. The molecule has 0 aromatic heterocycles. The molecule has 3 heteroatoms. The van der Waals surface area contributed by atoms with Crippen LogP contribution in [0.2, 0.25) is 0 Å². The van der Waals surface area contributed by atoms with E-state index in [4.69, 9.17) is 0 Å². The van der Waals surface area contributed by atoms with E-state index in [0.717, 1.165) is 27.7 Å². The van der Waals surface area contributed by atoms with Gasteiger partial charge in [-0.1, -0.05) is 83.9 Å². The summed E-state index contributed by atoms with van der Waals surface area (Å²) >= 11 is 3.49. The molecule has 2 nitrogen and oxygen atoms in total. The van der Waals surface area contributed by atoms with E-state index in [-0.39, 0.29) is 11.8 Å². The molecule has 1 atom stereocenters. The molecule has 0 saturated heterocycles. The molecule has 0 aliphatic carbocycles. The monoisotopic (exact) mass is 435 g/mol. The van der Waals surface area contributed by atoms with Crippen LogP contribution in [0.4, 0.5) is 5.69 Å². The Bertz CT molecular complexity index is 873. The second-order valence-corrected chi connectivity index (χ2v) is 7.96. The van der Waals surface area contributed by atoms with Gasteiger partial charge in [-0.05, 0) is 48.2 Å². The van der Waals surface area contributed by atoms with Gasteiger partial charge in [0.25, 0.3) is 0 Å². The highest BCUT2D eigenvalue weighted by molar-refractivity contribution is 9.10. The van der Waals surface area contributed by atoms with Gasteiger partial charge in [0.2, 0.25) is 0 Å². The molecule has 0 aliphatic heterocycles. The van der Waals surface area contributed by atoms with E-state index in [9.17, 15) is 4.79 Å². The predicted molar refractivity (Wildman–Crippen MR) is 121 cm³/mol. The van der Waals surface area contributed by atoms with Crippen molar-refractivity contribution in [3.05, 3.63) is 100 Å². The van der Waals surface area contributed by atoms with Gasteiger partial charge in [0.1, 0.15) is 0 Å². The van der Waals surface area contributed by atoms with Crippen molar-refractivity contribution < 1.29 is 4.79 Å². The molecule has 3 aromatic carbocycles. The average Bonchev–Trinajstić information content (AvgIpc) is 2.74. The molecule has 0 spiro atoms. The van der Waals surface area contributed by atoms with Gasteiger partial charge in [0.05, 0.1) is 6.04 Å². The van der Waals surface area contributed by atoms with E-state index >= 15 is 0 Å². The van der Waals surface area contributed by atoms with Crippen molar-refractivity contribution in [3.63, 3.8) is 0 Å². The molecule has 0 amide bonds. The van der Waals surface area contributed by atoms with Gasteiger partial charge in [-0.25, -0.2) is 0 Å². The van der Waals surface area contributed by atoms with Crippen molar-refractivity contribution in [3.8, 4) is 0 Å². The number of unbranched alkanes of at least 4 members (excludes halogenated alkanes) is 1. The Hall–Kier alpha value is -2.39. The summed E-state index contributed by atoms with van der Waals surface area (Å²) in [5, 5.41) is 3.56. The quantitative estimate of drug-likeness (QED) is 0.359. The largest absolute Gasteiger partial charge is 0.378 e. The minimum atomic E-state index is -0.0812. The van der Waals surface area contributed by atoms with Gasteiger partial charge in [0, 0.05) is 22.1 Å². The van der Waals surface area contributed by atoms with E-state index in [2.05, 4.69) is 64.6 Å². The lowest BCUT2D eigenvalue weighted by Gasteiger charge is -2.20. The van der Waals surface area contributed by atoms with Crippen molar-refractivity contribution >= 4 is 27.4 Å². The Kier molecular flexibility index (Phi) is 7.44. The first-order valence-corrected chi connectivity index (χ1v) is 10.6. The smallest absolute Gasteiger partial charge is 0.165 e. The Balaban J connectivity index is 1.78. The lowest BCUT2D eigenvalue weighted by atomic mass is 9.97. The van der Waals surface area contributed by atoms with Crippen molar-refractivity contribution in [1.29, 1.82) is 0 Å². The topological polar surface area (TPSA) is 29.1 Å². The van der Waals surface area contributed by atoms with Gasteiger partial charge in [0.15, 0.2) is 5.78 Å². The molecular weight excluding hydrogens is 410 g/mol. The van der Waals surface area contributed by atoms with Crippen LogP contribution in [0.25, 0.3) is 0 Å². The first-order chi connectivity index (χ1) is 13.7. The van der Waals surface area contributed by atoms with Crippen LogP contribution < -0.4 is 5.32 Å². The third-order valence-corrected chi connectivity index (χ3v) is 5.40. The lowest BCUT2D eigenvalue weighted by Crippen LogP contribution is -2.16. The highest BCUT2D eigenvalue weighted by atomic mass is 79.9. The normalized spacial score (nSPS) is 11.8. The first kappa shape index (κ1) is 20.3. The summed E-state index contributed by atoms with van der Waals surface area (Å²) in [6, 6.07) is 26.2. The van der Waals surface area contributed by atoms with Gasteiger partial charge in [-0.3, -0.25) is 4.79 Å². The summed E-state index contributed by atoms with van der Waals surface area (Å²) in [5.74, 6) is 0.139. The van der Waals surface area contributed by atoms with Crippen LogP contribution in [0.1, 0.15) is 53.7 Å². The summed E-state index contributed by atoms with van der Waals surface area (Å²) in [5.41, 5.74) is 4.24. The van der Waals surface area contributed by atoms with Crippen LogP contribution >= 0.6 is 15.9 Å². The summed E-state index contributed by atoms with van der Waals surface area (Å²) < 4.78 is 1.03. The first-order valence-electron chi connectivity index (χ1n) is 9.85. The second kappa shape index (κ2) is 10.2. The van der Waals surface area contributed by atoms with Crippen molar-refractivity contribution in [2.24, 2.45) is 0 Å². The third-order valence-electron chi connectivity index (χ3n) is 4.87. The molecule has 0 heterocycles. The number of benzene rings is 3. The number of hydrogen-bond donors (Lipinski definition) is 1. The van der Waals surface area contributed by atoms with E-state index in [1.54, 1.807) is 0 Å². The average molecular weight is 436 g/mol. The Labute approximate surface area is 176 Å². The molecule has 3 rings (SSSR count). The molecule has 0 saturated carbocycles. The summed E-state index contributed by atoms with van der Waals surface area (Å²) in [4.78, 5) is 12.8. The molecule has 3 aromatic rings. The fourth-order valence-electron chi connectivity index (χ4n) is 3.22. The van der Waals surface area contributed by atoms with E-state index in [1.807, 2.05) is 42.5 Å².